The maximum Gasteiger partial charge on any atom is 0.167 e. The van der Waals surface area contributed by atoms with E-state index in [2.05, 4.69) is 0 Å². The van der Waals surface area contributed by atoms with Crippen LogP contribution in [0.5, 0.6) is 0 Å². The largest absolute Gasteiger partial charge is 0.376 e. The SMILES string of the molecule is CCCOC1CCC(c2ccc(-c3ccc(C)cc3F)c(F)c2F)OC1. The second-order valence-electron chi connectivity index (χ2n) is 6.71. The first kappa shape index (κ1) is 18.9. The molecule has 1 fully saturated rings. The summed E-state index contributed by atoms with van der Waals surface area (Å²) in [6.45, 7) is 4.80. The molecule has 3 rings (SSSR count). The Labute approximate surface area is 151 Å². The van der Waals surface area contributed by atoms with Crippen LogP contribution in [0.2, 0.25) is 0 Å². The van der Waals surface area contributed by atoms with Crippen LogP contribution in [0.25, 0.3) is 11.1 Å². The number of halogens is 3. The normalized spacial score (nSPS) is 20.3. The molecule has 26 heavy (non-hydrogen) atoms. The zero-order chi connectivity index (χ0) is 18.7. The molecule has 1 heterocycles. The molecule has 1 aliphatic rings. The van der Waals surface area contributed by atoms with Crippen LogP contribution in [0.15, 0.2) is 30.3 Å². The third kappa shape index (κ3) is 3.94. The van der Waals surface area contributed by atoms with Crippen molar-refractivity contribution in [3.63, 3.8) is 0 Å². The topological polar surface area (TPSA) is 18.5 Å². The second kappa shape index (κ2) is 8.23. The molecule has 1 aliphatic heterocycles. The number of hydrogen-bond acceptors (Lipinski definition) is 2. The standard InChI is InChI=1S/C21H23F3O2/c1-3-10-25-14-5-9-19(26-12-14)17-8-7-16(20(23)21(17)24)15-6-4-13(2)11-18(15)22/h4,6-8,11,14,19H,3,5,9-10,12H2,1-2H3. The van der Waals surface area contributed by atoms with Crippen molar-refractivity contribution in [1.82, 2.24) is 0 Å². The van der Waals surface area contributed by atoms with Crippen molar-refractivity contribution < 1.29 is 22.6 Å². The number of rotatable bonds is 5. The van der Waals surface area contributed by atoms with Gasteiger partial charge in [-0.05, 0) is 37.8 Å². The minimum Gasteiger partial charge on any atom is -0.376 e. The molecule has 0 spiro atoms. The molecule has 0 N–H and O–H groups in total. The van der Waals surface area contributed by atoms with Crippen LogP contribution in [-0.4, -0.2) is 19.3 Å². The Morgan fingerprint density at radius 3 is 2.46 bits per heavy atom. The van der Waals surface area contributed by atoms with Gasteiger partial charge in [0.15, 0.2) is 11.6 Å². The van der Waals surface area contributed by atoms with Gasteiger partial charge in [0, 0.05) is 23.3 Å². The molecule has 2 aromatic carbocycles. The Balaban J connectivity index is 1.80. The van der Waals surface area contributed by atoms with E-state index in [-0.39, 0.29) is 22.8 Å². The zero-order valence-corrected chi connectivity index (χ0v) is 15.0. The van der Waals surface area contributed by atoms with E-state index < -0.39 is 23.6 Å². The summed E-state index contributed by atoms with van der Waals surface area (Å²) >= 11 is 0. The first-order valence-corrected chi connectivity index (χ1v) is 8.98. The van der Waals surface area contributed by atoms with Gasteiger partial charge < -0.3 is 9.47 Å². The molecule has 0 bridgehead atoms. The van der Waals surface area contributed by atoms with Gasteiger partial charge in [0.25, 0.3) is 0 Å². The lowest BCUT2D eigenvalue weighted by molar-refractivity contribution is -0.0875. The average Bonchev–Trinajstić information content (AvgIpc) is 2.63. The van der Waals surface area contributed by atoms with Gasteiger partial charge in [-0.25, -0.2) is 13.2 Å². The molecule has 0 aromatic heterocycles. The lowest BCUT2D eigenvalue weighted by atomic mass is 9.95. The van der Waals surface area contributed by atoms with Gasteiger partial charge in [-0.15, -0.1) is 0 Å². The first-order valence-electron chi connectivity index (χ1n) is 8.98. The van der Waals surface area contributed by atoms with Crippen molar-refractivity contribution in [2.75, 3.05) is 13.2 Å². The van der Waals surface area contributed by atoms with Crippen LogP contribution < -0.4 is 0 Å². The van der Waals surface area contributed by atoms with Gasteiger partial charge in [-0.3, -0.25) is 0 Å². The van der Waals surface area contributed by atoms with Gasteiger partial charge >= 0.3 is 0 Å². The third-order valence-electron chi connectivity index (χ3n) is 4.67. The average molecular weight is 364 g/mol. The highest BCUT2D eigenvalue weighted by Crippen LogP contribution is 2.35. The molecular formula is C21H23F3O2. The summed E-state index contributed by atoms with van der Waals surface area (Å²) < 4.78 is 54.7. The van der Waals surface area contributed by atoms with Gasteiger partial charge in [0.05, 0.1) is 18.8 Å². The lowest BCUT2D eigenvalue weighted by Gasteiger charge is -2.29. The van der Waals surface area contributed by atoms with Crippen LogP contribution in [0, 0.1) is 24.4 Å². The van der Waals surface area contributed by atoms with Crippen molar-refractivity contribution in [2.24, 2.45) is 0 Å². The monoisotopic (exact) mass is 364 g/mol. The predicted octanol–water partition coefficient (Wildman–Crippen LogP) is 5.73. The number of ether oxygens (including phenoxy) is 2. The van der Waals surface area contributed by atoms with Crippen LogP contribution in [-0.2, 0) is 9.47 Å². The van der Waals surface area contributed by atoms with Gasteiger partial charge in [-0.1, -0.05) is 31.2 Å². The molecule has 1 saturated heterocycles. The van der Waals surface area contributed by atoms with E-state index in [1.807, 2.05) is 6.92 Å². The molecule has 0 radical (unpaired) electrons. The second-order valence-corrected chi connectivity index (χ2v) is 6.71. The highest BCUT2D eigenvalue weighted by molar-refractivity contribution is 5.66. The molecule has 2 aromatic rings. The predicted molar refractivity (Wildman–Crippen MR) is 94.4 cm³/mol. The van der Waals surface area contributed by atoms with Crippen molar-refractivity contribution in [3.8, 4) is 11.1 Å². The van der Waals surface area contributed by atoms with Crippen LogP contribution in [0.1, 0.15) is 43.4 Å². The molecular weight excluding hydrogens is 341 g/mol. The Kier molecular flexibility index (Phi) is 5.99. The fourth-order valence-corrected chi connectivity index (χ4v) is 3.25. The van der Waals surface area contributed by atoms with Gasteiger partial charge in [-0.2, -0.15) is 0 Å². The molecule has 0 saturated carbocycles. The maximum absolute atomic E-state index is 14.6. The zero-order valence-electron chi connectivity index (χ0n) is 15.0. The van der Waals surface area contributed by atoms with Crippen LogP contribution in [0.3, 0.4) is 0 Å². The van der Waals surface area contributed by atoms with Crippen molar-refractivity contribution in [2.45, 2.75) is 45.3 Å². The summed E-state index contributed by atoms with van der Waals surface area (Å²) in [5, 5.41) is 0. The Morgan fingerprint density at radius 1 is 1.04 bits per heavy atom. The molecule has 0 amide bonds. The van der Waals surface area contributed by atoms with Crippen molar-refractivity contribution in [3.05, 3.63) is 58.9 Å². The quantitative estimate of drug-likeness (QED) is 0.675. The molecule has 2 unspecified atom stereocenters. The van der Waals surface area contributed by atoms with Crippen LogP contribution in [0.4, 0.5) is 13.2 Å². The maximum atomic E-state index is 14.6. The molecule has 2 nitrogen and oxygen atoms in total. The summed E-state index contributed by atoms with van der Waals surface area (Å²) in [4.78, 5) is 0. The summed E-state index contributed by atoms with van der Waals surface area (Å²) in [6, 6.07) is 7.36. The molecule has 0 aliphatic carbocycles. The van der Waals surface area contributed by atoms with Crippen molar-refractivity contribution in [1.29, 1.82) is 0 Å². The fraction of sp³-hybridized carbons (Fsp3) is 0.429. The van der Waals surface area contributed by atoms with Gasteiger partial charge in [0.1, 0.15) is 5.82 Å². The third-order valence-corrected chi connectivity index (χ3v) is 4.67. The fourth-order valence-electron chi connectivity index (χ4n) is 3.25. The highest BCUT2D eigenvalue weighted by Gasteiger charge is 2.27. The number of aryl methyl sites for hydroxylation is 1. The lowest BCUT2D eigenvalue weighted by Crippen LogP contribution is -2.28. The molecule has 140 valence electrons. The van der Waals surface area contributed by atoms with Gasteiger partial charge in [0.2, 0.25) is 0 Å². The van der Waals surface area contributed by atoms with E-state index in [1.54, 1.807) is 13.0 Å². The van der Waals surface area contributed by atoms with E-state index in [1.165, 1.54) is 24.3 Å². The molecule has 2 atom stereocenters. The molecule has 5 heteroatoms. The van der Waals surface area contributed by atoms with Crippen LogP contribution >= 0.6 is 0 Å². The summed E-state index contributed by atoms with van der Waals surface area (Å²) in [5.74, 6) is -2.58. The van der Waals surface area contributed by atoms with E-state index in [4.69, 9.17) is 9.47 Å². The minimum atomic E-state index is -1.04. The number of benzene rings is 2. The highest BCUT2D eigenvalue weighted by atomic mass is 19.2. The smallest absolute Gasteiger partial charge is 0.167 e. The first-order chi connectivity index (χ1) is 12.5. The summed E-state index contributed by atoms with van der Waals surface area (Å²) in [7, 11) is 0. The summed E-state index contributed by atoms with van der Waals surface area (Å²) in [6.07, 6.45) is 1.71. The Hall–Kier alpha value is -1.85. The van der Waals surface area contributed by atoms with Crippen molar-refractivity contribution >= 4 is 0 Å². The van der Waals surface area contributed by atoms with E-state index in [9.17, 15) is 13.2 Å². The Morgan fingerprint density at radius 2 is 1.81 bits per heavy atom. The number of hydrogen-bond donors (Lipinski definition) is 0. The van der Waals surface area contributed by atoms with E-state index in [0.717, 1.165) is 18.4 Å². The minimum absolute atomic E-state index is 0.0000330. The van der Waals surface area contributed by atoms with E-state index in [0.29, 0.717) is 19.6 Å². The summed E-state index contributed by atoms with van der Waals surface area (Å²) in [5.41, 5.74) is 0.867. The Bertz CT molecular complexity index is 768. The van der Waals surface area contributed by atoms with E-state index >= 15 is 0 Å².